The Hall–Kier alpha value is -2.22. The van der Waals surface area contributed by atoms with Crippen LogP contribution in [0, 0.1) is 12.7 Å². The first-order valence-electron chi connectivity index (χ1n) is 6.00. The number of rotatable bonds is 4. The van der Waals surface area contributed by atoms with E-state index < -0.39 is 17.6 Å². The monoisotopic (exact) mass is 282 g/mol. The van der Waals surface area contributed by atoms with Crippen molar-refractivity contribution in [2.45, 2.75) is 20.0 Å². The standard InChI is InChI=1S/C12H15FN4O3/c1-7-4-10(17-12(19)16(3)14-15-17)11(5-9(7)13)20-6-8(2)18/h4-5,8,18H,6H2,1-3H3. The molecule has 0 aliphatic heterocycles. The summed E-state index contributed by atoms with van der Waals surface area (Å²) in [5.74, 6) is -0.345. The third-order valence-corrected chi connectivity index (χ3v) is 2.67. The fraction of sp³-hybridized carbons (Fsp3) is 0.417. The Morgan fingerprint density at radius 2 is 2.15 bits per heavy atom. The Balaban J connectivity index is 2.52. The van der Waals surface area contributed by atoms with Crippen molar-refractivity contribution in [2.75, 3.05) is 6.61 Å². The number of hydrogen-bond donors (Lipinski definition) is 1. The summed E-state index contributed by atoms with van der Waals surface area (Å²) in [5, 5.41) is 16.5. The van der Waals surface area contributed by atoms with Crippen LogP contribution in [0.3, 0.4) is 0 Å². The van der Waals surface area contributed by atoms with Gasteiger partial charge in [-0.15, -0.1) is 0 Å². The Morgan fingerprint density at radius 1 is 1.45 bits per heavy atom. The zero-order valence-corrected chi connectivity index (χ0v) is 11.4. The van der Waals surface area contributed by atoms with Crippen molar-refractivity contribution in [1.29, 1.82) is 0 Å². The predicted molar refractivity (Wildman–Crippen MR) is 68.5 cm³/mol. The Kier molecular flexibility index (Phi) is 3.84. The number of benzene rings is 1. The van der Waals surface area contributed by atoms with Crippen LogP contribution >= 0.6 is 0 Å². The van der Waals surface area contributed by atoms with Gasteiger partial charge in [0.2, 0.25) is 0 Å². The highest BCUT2D eigenvalue weighted by molar-refractivity contribution is 5.48. The topological polar surface area (TPSA) is 82.2 Å². The van der Waals surface area contributed by atoms with Crippen LogP contribution in [0.5, 0.6) is 5.75 Å². The van der Waals surface area contributed by atoms with Gasteiger partial charge < -0.3 is 9.84 Å². The van der Waals surface area contributed by atoms with Crippen LogP contribution in [-0.2, 0) is 7.05 Å². The van der Waals surface area contributed by atoms with Crippen molar-refractivity contribution in [3.63, 3.8) is 0 Å². The molecule has 7 nitrogen and oxygen atoms in total. The average molecular weight is 282 g/mol. The molecule has 108 valence electrons. The molecular weight excluding hydrogens is 267 g/mol. The molecule has 2 aromatic rings. The number of aromatic nitrogens is 4. The summed E-state index contributed by atoms with van der Waals surface area (Å²) in [6.07, 6.45) is -0.717. The number of hydrogen-bond acceptors (Lipinski definition) is 5. The molecule has 0 aliphatic rings. The van der Waals surface area contributed by atoms with Crippen LogP contribution in [0.25, 0.3) is 5.69 Å². The highest BCUT2D eigenvalue weighted by Gasteiger charge is 2.15. The minimum atomic E-state index is -0.717. The molecule has 1 aromatic carbocycles. The molecule has 20 heavy (non-hydrogen) atoms. The van der Waals surface area contributed by atoms with Crippen LogP contribution < -0.4 is 10.4 Å². The summed E-state index contributed by atoms with van der Waals surface area (Å²) < 4.78 is 21.0. The lowest BCUT2D eigenvalue weighted by molar-refractivity contribution is 0.122. The van der Waals surface area contributed by atoms with Gasteiger partial charge >= 0.3 is 5.69 Å². The van der Waals surface area contributed by atoms with E-state index in [-0.39, 0.29) is 18.0 Å². The molecule has 0 saturated carbocycles. The second-order valence-corrected chi connectivity index (χ2v) is 4.53. The molecule has 1 unspecified atom stereocenters. The number of aliphatic hydroxyl groups is 1. The fourth-order valence-electron chi connectivity index (χ4n) is 1.60. The first-order chi connectivity index (χ1) is 9.40. The molecule has 1 heterocycles. The van der Waals surface area contributed by atoms with Gasteiger partial charge in [0.15, 0.2) is 0 Å². The van der Waals surface area contributed by atoms with E-state index in [1.807, 2.05) is 0 Å². The molecule has 1 N–H and O–H groups in total. The predicted octanol–water partition coefficient (Wildman–Crippen LogP) is 0.173. The minimum absolute atomic E-state index is 0.0233. The highest BCUT2D eigenvalue weighted by Crippen LogP contribution is 2.25. The Morgan fingerprint density at radius 3 is 2.70 bits per heavy atom. The summed E-state index contributed by atoms with van der Waals surface area (Å²) in [4.78, 5) is 11.9. The van der Waals surface area contributed by atoms with E-state index in [1.165, 1.54) is 13.1 Å². The molecule has 0 spiro atoms. The van der Waals surface area contributed by atoms with E-state index in [0.29, 0.717) is 5.56 Å². The van der Waals surface area contributed by atoms with Crippen LogP contribution in [0.4, 0.5) is 4.39 Å². The summed E-state index contributed by atoms with van der Waals surface area (Å²) in [6, 6.07) is 2.61. The number of tetrazole rings is 1. The van der Waals surface area contributed by atoms with Gasteiger partial charge in [0.25, 0.3) is 0 Å². The number of aryl methyl sites for hydroxylation is 2. The van der Waals surface area contributed by atoms with Crippen molar-refractivity contribution in [3.05, 3.63) is 34.0 Å². The first-order valence-corrected chi connectivity index (χ1v) is 6.00. The summed E-state index contributed by atoms with van der Waals surface area (Å²) >= 11 is 0. The SMILES string of the molecule is Cc1cc(-n2nnn(C)c2=O)c(OCC(C)O)cc1F. The maximum Gasteiger partial charge on any atom is 0.368 e. The lowest BCUT2D eigenvalue weighted by Crippen LogP contribution is -2.23. The van der Waals surface area contributed by atoms with Gasteiger partial charge in [0.1, 0.15) is 23.9 Å². The molecule has 1 aromatic heterocycles. The number of aliphatic hydroxyl groups excluding tert-OH is 1. The third kappa shape index (κ3) is 2.69. The lowest BCUT2D eigenvalue weighted by atomic mass is 10.2. The van der Waals surface area contributed by atoms with Gasteiger partial charge in [-0.3, -0.25) is 0 Å². The van der Waals surface area contributed by atoms with Crippen LogP contribution in [0.15, 0.2) is 16.9 Å². The van der Waals surface area contributed by atoms with Gasteiger partial charge in [-0.1, -0.05) is 0 Å². The molecule has 0 aliphatic carbocycles. The minimum Gasteiger partial charge on any atom is -0.489 e. The van der Waals surface area contributed by atoms with Gasteiger partial charge in [0, 0.05) is 13.1 Å². The Labute approximate surface area is 114 Å². The van der Waals surface area contributed by atoms with E-state index >= 15 is 0 Å². The maximum absolute atomic E-state index is 13.6. The van der Waals surface area contributed by atoms with E-state index in [4.69, 9.17) is 4.74 Å². The van der Waals surface area contributed by atoms with Crippen molar-refractivity contribution in [2.24, 2.45) is 7.05 Å². The summed E-state index contributed by atoms with van der Waals surface area (Å²) in [7, 11) is 1.46. The molecule has 0 bridgehead atoms. The smallest absolute Gasteiger partial charge is 0.368 e. The summed E-state index contributed by atoms with van der Waals surface area (Å²) in [5.41, 5.74) is 0.155. The van der Waals surface area contributed by atoms with Gasteiger partial charge in [-0.05, 0) is 35.9 Å². The van der Waals surface area contributed by atoms with Gasteiger partial charge in [0.05, 0.1) is 6.10 Å². The van der Waals surface area contributed by atoms with E-state index in [1.54, 1.807) is 13.8 Å². The number of nitrogens with zero attached hydrogens (tertiary/aromatic N) is 4. The van der Waals surface area contributed by atoms with Gasteiger partial charge in [-0.25, -0.2) is 9.18 Å². The van der Waals surface area contributed by atoms with E-state index in [2.05, 4.69) is 10.4 Å². The normalized spacial score (nSPS) is 12.4. The Bertz CT molecular complexity index is 678. The number of ether oxygens (including phenoxy) is 1. The molecule has 0 radical (unpaired) electrons. The average Bonchev–Trinajstić information content (AvgIpc) is 2.71. The largest absolute Gasteiger partial charge is 0.489 e. The van der Waals surface area contributed by atoms with Crippen LogP contribution in [0.2, 0.25) is 0 Å². The molecular formula is C12H15FN4O3. The fourth-order valence-corrected chi connectivity index (χ4v) is 1.60. The van der Waals surface area contributed by atoms with Crippen LogP contribution in [-0.4, -0.2) is 37.6 Å². The van der Waals surface area contributed by atoms with Crippen molar-refractivity contribution < 1.29 is 14.2 Å². The molecule has 0 fully saturated rings. The van der Waals surface area contributed by atoms with Gasteiger partial charge in [-0.2, -0.15) is 9.36 Å². The third-order valence-electron chi connectivity index (χ3n) is 2.67. The van der Waals surface area contributed by atoms with Crippen molar-refractivity contribution in [3.8, 4) is 11.4 Å². The molecule has 0 saturated heterocycles. The summed E-state index contributed by atoms with van der Waals surface area (Å²) in [6.45, 7) is 3.09. The second kappa shape index (κ2) is 5.41. The molecule has 8 heteroatoms. The molecule has 2 rings (SSSR count). The van der Waals surface area contributed by atoms with E-state index in [0.717, 1.165) is 15.4 Å². The van der Waals surface area contributed by atoms with Crippen molar-refractivity contribution >= 4 is 0 Å². The zero-order valence-electron chi connectivity index (χ0n) is 11.4. The lowest BCUT2D eigenvalue weighted by Gasteiger charge is -2.13. The first kappa shape index (κ1) is 14.2. The van der Waals surface area contributed by atoms with E-state index in [9.17, 15) is 14.3 Å². The zero-order chi connectivity index (χ0) is 14.9. The molecule has 0 amide bonds. The highest BCUT2D eigenvalue weighted by atomic mass is 19.1. The second-order valence-electron chi connectivity index (χ2n) is 4.53. The molecule has 1 atom stereocenters. The van der Waals surface area contributed by atoms with Crippen LogP contribution in [0.1, 0.15) is 12.5 Å². The van der Waals surface area contributed by atoms with Crippen molar-refractivity contribution in [1.82, 2.24) is 19.8 Å². The number of halogens is 1. The maximum atomic E-state index is 13.6. The quantitative estimate of drug-likeness (QED) is 0.864.